The second kappa shape index (κ2) is 3.17. The van der Waals surface area contributed by atoms with Crippen LogP contribution in [0.5, 0.6) is 5.75 Å². The summed E-state index contributed by atoms with van der Waals surface area (Å²) in [5.41, 5.74) is -0.0669. The van der Waals surface area contributed by atoms with Crippen LogP contribution in [0.1, 0.15) is 5.56 Å². The molecule has 0 saturated carbocycles. The van der Waals surface area contributed by atoms with Crippen molar-refractivity contribution in [3.8, 4) is 5.75 Å². The van der Waals surface area contributed by atoms with Gasteiger partial charge in [0.25, 0.3) is 0 Å². The summed E-state index contributed by atoms with van der Waals surface area (Å²) < 4.78 is 25.0. The van der Waals surface area contributed by atoms with Gasteiger partial charge in [-0.2, -0.15) is 0 Å². The minimum Gasteiger partial charge on any atom is -0.508 e. The molecule has 0 spiro atoms. The lowest BCUT2D eigenvalue weighted by Crippen LogP contribution is -1.87. The van der Waals surface area contributed by atoms with E-state index in [4.69, 9.17) is 5.11 Å². The molecular formula is C7H5BrF2O. The van der Waals surface area contributed by atoms with Crippen molar-refractivity contribution in [1.82, 2.24) is 0 Å². The molecule has 0 fully saturated rings. The smallest absolute Gasteiger partial charge is 0.133 e. The molecule has 0 aliphatic rings. The molecule has 11 heavy (non-hydrogen) atoms. The largest absolute Gasteiger partial charge is 0.508 e. The van der Waals surface area contributed by atoms with Gasteiger partial charge in [-0.25, -0.2) is 8.78 Å². The van der Waals surface area contributed by atoms with Gasteiger partial charge < -0.3 is 5.11 Å². The predicted octanol–water partition coefficient (Wildman–Crippen LogP) is 2.76. The Morgan fingerprint density at radius 3 is 2.55 bits per heavy atom. The van der Waals surface area contributed by atoms with E-state index in [1.54, 1.807) is 0 Å². The van der Waals surface area contributed by atoms with Crippen molar-refractivity contribution in [2.75, 3.05) is 0 Å². The molecule has 1 aromatic carbocycles. The average Bonchev–Trinajstić information content (AvgIpc) is 1.85. The van der Waals surface area contributed by atoms with Crippen molar-refractivity contribution in [2.45, 2.75) is 6.67 Å². The number of hydrogen-bond acceptors (Lipinski definition) is 1. The second-order valence-corrected chi connectivity index (χ2v) is 2.88. The van der Waals surface area contributed by atoms with Gasteiger partial charge in [0.1, 0.15) is 18.2 Å². The number of phenolic OH excluding ortho intramolecular Hbond substituents is 1. The van der Waals surface area contributed by atoms with E-state index in [0.29, 0.717) is 0 Å². The highest BCUT2D eigenvalue weighted by Gasteiger charge is 2.07. The van der Waals surface area contributed by atoms with Crippen molar-refractivity contribution in [3.63, 3.8) is 0 Å². The summed E-state index contributed by atoms with van der Waals surface area (Å²) in [7, 11) is 0. The fourth-order valence-electron chi connectivity index (χ4n) is 0.717. The van der Waals surface area contributed by atoms with Crippen LogP contribution in [-0.2, 0) is 6.67 Å². The van der Waals surface area contributed by atoms with Crippen LogP contribution in [0.4, 0.5) is 8.78 Å². The predicted molar refractivity (Wildman–Crippen MR) is 40.6 cm³/mol. The molecule has 0 radical (unpaired) electrons. The van der Waals surface area contributed by atoms with Gasteiger partial charge in [-0.05, 0) is 6.07 Å². The number of halogens is 3. The minimum atomic E-state index is -0.882. The van der Waals surface area contributed by atoms with Crippen molar-refractivity contribution in [2.24, 2.45) is 0 Å². The van der Waals surface area contributed by atoms with Gasteiger partial charge in [-0.3, -0.25) is 0 Å². The third kappa shape index (κ3) is 1.68. The highest BCUT2D eigenvalue weighted by atomic mass is 79.9. The van der Waals surface area contributed by atoms with Crippen LogP contribution < -0.4 is 0 Å². The van der Waals surface area contributed by atoms with Crippen molar-refractivity contribution >= 4 is 15.9 Å². The molecular weight excluding hydrogens is 218 g/mol. The molecule has 0 aliphatic carbocycles. The van der Waals surface area contributed by atoms with Gasteiger partial charge in [0.2, 0.25) is 0 Å². The summed E-state index contributed by atoms with van der Waals surface area (Å²) >= 11 is 2.92. The van der Waals surface area contributed by atoms with Crippen LogP contribution in [0, 0.1) is 5.82 Å². The summed E-state index contributed by atoms with van der Waals surface area (Å²) in [6.45, 7) is -0.882. The molecule has 4 heteroatoms. The molecule has 0 unspecified atom stereocenters. The van der Waals surface area contributed by atoms with E-state index in [2.05, 4.69) is 15.9 Å². The molecule has 0 heterocycles. The van der Waals surface area contributed by atoms with Gasteiger partial charge in [0, 0.05) is 16.1 Å². The van der Waals surface area contributed by atoms with Gasteiger partial charge in [-0.15, -0.1) is 0 Å². The summed E-state index contributed by atoms with van der Waals surface area (Å²) in [6.07, 6.45) is 0. The first-order valence-corrected chi connectivity index (χ1v) is 3.67. The summed E-state index contributed by atoms with van der Waals surface area (Å²) in [4.78, 5) is 0. The minimum absolute atomic E-state index is 0.0669. The van der Waals surface area contributed by atoms with E-state index in [1.807, 2.05) is 0 Å². The Morgan fingerprint density at radius 2 is 2.09 bits per heavy atom. The second-order valence-electron chi connectivity index (χ2n) is 2.02. The van der Waals surface area contributed by atoms with Crippen molar-refractivity contribution in [3.05, 3.63) is 28.0 Å². The third-order valence-electron chi connectivity index (χ3n) is 1.26. The van der Waals surface area contributed by atoms with E-state index in [-0.39, 0.29) is 15.8 Å². The summed E-state index contributed by atoms with van der Waals surface area (Å²) in [6, 6.07) is 2.12. The Bertz CT molecular complexity index is 252. The summed E-state index contributed by atoms with van der Waals surface area (Å²) in [5, 5.41) is 8.82. The number of rotatable bonds is 1. The number of benzene rings is 1. The van der Waals surface area contributed by atoms with Gasteiger partial charge >= 0.3 is 0 Å². The maximum absolute atomic E-state index is 12.7. The maximum atomic E-state index is 12.7. The lowest BCUT2D eigenvalue weighted by Gasteiger charge is -2.01. The lowest BCUT2D eigenvalue weighted by atomic mass is 10.2. The van der Waals surface area contributed by atoms with E-state index in [0.717, 1.165) is 6.07 Å². The third-order valence-corrected chi connectivity index (χ3v) is 1.97. The molecule has 1 aromatic rings. The molecule has 0 amide bonds. The quantitative estimate of drug-likeness (QED) is 0.775. The Hall–Kier alpha value is -0.640. The summed E-state index contributed by atoms with van der Waals surface area (Å²) in [5.74, 6) is -0.953. The Morgan fingerprint density at radius 1 is 1.45 bits per heavy atom. The van der Waals surface area contributed by atoms with E-state index in [9.17, 15) is 8.78 Å². The normalized spacial score (nSPS) is 10.1. The Balaban J connectivity index is 3.25. The fraction of sp³-hybridized carbons (Fsp3) is 0.143. The average molecular weight is 223 g/mol. The topological polar surface area (TPSA) is 20.2 Å². The van der Waals surface area contributed by atoms with Crippen LogP contribution in [0.15, 0.2) is 16.6 Å². The number of hydrogen-bond donors (Lipinski definition) is 1. The van der Waals surface area contributed by atoms with Crippen molar-refractivity contribution in [1.29, 1.82) is 0 Å². The van der Waals surface area contributed by atoms with E-state index < -0.39 is 12.5 Å². The van der Waals surface area contributed by atoms with Gasteiger partial charge in [0.05, 0.1) is 0 Å². The molecule has 60 valence electrons. The Labute approximate surface area is 70.8 Å². The zero-order valence-corrected chi connectivity index (χ0v) is 7.03. The first kappa shape index (κ1) is 8.46. The monoisotopic (exact) mass is 222 g/mol. The van der Waals surface area contributed by atoms with Crippen LogP contribution in [0.2, 0.25) is 0 Å². The highest BCUT2D eigenvalue weighted by Crippen LogP contribution is 2.25. The first-order chi connectivity index (χ1) is 5.15. The van der Waals surface area contributed by atoms with Crippen LogP contribution in [0.25, 0.3) is 0 Å². The zero-order valence-electron chi connectivity index (χ0n) is 5.44. The van der Waals surface area contributed by atoms with Crippen LogP contribution >= 0.6 is 15.9 Å². The maximum Gasteiger partial charge on any atom is 0.133 e. The number of phenols is 1. The van der Waals surface area contributed by atoms with Crippen LogP contribution in [0.3, 0.4) is 0 Å². The van der Waals surface area contributed by atoms with Gasteiger partial charge in [0.15, 0.2) is 0 Å². The van der Waals surface area contributed by atoms with Crippen LogP contribution in [-0.4, -0.2) is 5.11 Å². The molecule has 1 N–H and O–H groups in total. The number of aromatic hydroxyl groups is 1. The van der Waals surface area contributed by atoms with E-state index >= 15 is 0 Å². The molecule has 0 saturated heterocycles. The first-order valence-electron chi connectivity index (χ1n) is 2.88. The SMILES string of the molecule is Oc1cc(F)c(CF)c(Br)c1. The zero-order chi connectivity index (χ0) is 8.43. The molecule has 0 atom stereocenters. The fourth-order valence-corrected chi connectivity index (χ4v) is 1.25. The lowest BCUT2D eigenvalue weighted by molar-refractivity contribution is 0.447. The molecule has 0 aromatic heterocycles. The molecule has 0 aliphatic heterocycles. The van der Waals surface area contributed by atoms with Gasteiger partial charge in [-0.1, -0.05) is 15.9 Å². The number of alkyl halides is 1. The standard InChI is InChI=1S/C7H5BrF2O/c8-6-1-4(11)2-7(10)5(6)3-9/h1-2,11H,3H2. The molecule has 1 nitrogen and oxygen atoms in total. The van der Waals surface area contributed by atoms with E-state index in [1.165, 1.54) is 6.07 Å². The highest BCUT2D eigenvalue weighted by molar-refractivity contribution is 9.10. The van der Waals surface area contributed by atoms with Crippen molar-refractivity contribution < 1.29 is 13.9 Å². The Kier molecular flexibility index (Phi) is 2.44. The molecule has 1 rings (SSSR count). The molecule has 0 bridgehead atoms.